The number of hydrogen-bond acceptors (Lipinski definition) is 5. The van der Waals surface area contributed by atoms with E-state index in [4.69, 9.17) is 0 Å². The molecule has 0 aliphatic carbocycles. The smallest absolute Gasteiger partial charge is 0.258 e. The second-order valence-electron chi connectivity index (χ2n) is 6.24. The van der Waals surface area contributed by atoms with Crippen LogP contribution in [-0.2, 0) is 17.8 Å². The Morgan fingerprint density at radius 1 is 1.04 bits per heavy atom. The molecule has 6 nitrogen and oxygen atoms in total. The molecule has 0 bridgehead atoms. The molecule has 136 valence electrons. The minimum absolute atomic E-state index is 0.0302. The number of nitrogens with one attached hydrogen (secondary N) is 2. The van der Waals surface area contributed by atoms with Crippen LogP contribution in [-0.4, -0.2) is 20.9 Å². The summed E-state index contributed by atoms with van der Waals surface area (Å²) in [5, 5.41) is 4.38. The molecule has 2 N–H and O–H groups in total. The third-order valence-corrected chi connectivity index (χ3v) is 5.29. The highest BCUT2D eigenvalue weighted by Gasteiger charge is 2.07. The number of benzene rings is 2. The monoisotopic (exact) mass is 378 g/mol. The van der Waals surface area contributed by atoms with E-state index in [2.05, 4.69) is 20.3 Å². The maximum atomic E-state index is 12.1. The summed E-state index contributed by atoms with van der Waals surface area (Å²) in [6, 6.07) is 15.2. The number of rotatable bonds is 6. The number of carbonyl (C=O) groups excluding carboxylic acids is 1. The van der Waals surface area contributed by atoms with E-state index in [-0.39, 0.29) is 11.5 Å². The van der Waals surface area contributed by atoms with Crippen LogP contribution in [0.1, 0.15) is 23.7 Å². The maximum Gasteiger partial charge on any atom is 0.258 e. The number of nitrogens with zero attached hydrogens (tertiary/aromatic N) is 2. The predicted molar refractivity (Wildman–Crippen MR) is 107 cm³/mol. The number of aromatic nitrogens is 3. The van der Waals surface area contributed by atoms with Gasteiger partial charge in [-0.1, -0.05) is 24.3 Å². The lowest BCUT2D eigenvalue weighted by atomic mass is 10.2. The van der Waals surface area contributed by atoms with E-state index in [1.165, 1.54) is 0 Å². The third kappa shape index (κ3) is 4.03. The lowest BCUT2D eigenvalue weighted by molar-refractivity contribution is -0.121. The molecular weight excluding hydrogens is 360 g/mol. The van der Waals surface area contributed by atoms with Crippen LogP contribution >= 0.6 is 11.3 Å². The molecule has 0 atom stereocenters. The Bertz CT molecular complexity index is 1130. The normalized spacial score (nSPS) is 11.1. The van der Waals surface area contributed by atoms with Crippen molar-refractivity contribution >= 4 is 38.4 Å². The summed E-state index contributed by atoms with van der Waals surface area (Å²) in [7, 11) is 0. The summed E-state index contributed by atoms with van der Waals surface area (Å²) in [5.74, 6) is 0.579. The van der Waals surface area contributed by atoms with Gasteiger partial charge < -0.3 is 10.3 Å². The van der Waals surface area contributed by atoms with Gasteiger partial charge in [0.05, 0.1) is 27.7 Å². The fourth-order valence-corrected chi connectivity index (χ4v) is 3.83. The van der Waals surface area contributed by atoms with Gasteiger partial charge in [-0.2, -0.15) is 0 Å². The number of amides is 1. The second-order valence-corrected chi connectivity index (χ2v) is 7.35. The minimum Gasteiger partial charge on any atom is -0.350 e. The predicted octanol–water partition coefficient (Wildman–Crippen LogP) is 3.17. The molecule has 0 spiro atoms. The first-order valence-corrected chi connectivity index (χ1v) is 9.60. The van der Waals surface area contributed by atoms with Crippen molar-refractivity contribution < 1.29 is 4.79 Å². The summed E-state index contributed by atoms with van der Waals surface area (Å²) in [6.45, 7) is 0.434. The Labute approximate surface area is 159 Å². The van der Waals surface area contributed by atoms with Gasteiger partial charge in [0.1, 0.15) is 10.8 Å². The van der Waals surface area contributed by atoms with Gasteiger partial charge in [-0.3, -0.25) is 9.59 Å². The fraction of sp³-hybridized carbons (Fsp3) is 0.200. The average Bonchev–Trinajstić information content (AvgIpc) is 3.09. The van der Waals surface area contributed by atoms with Crippen molar-refractivity contribution in [1.29, 1.82) is 0 Å². The molecule has 7 heteroatoms. The van der Waals surface area contributed by atoms with Crippen molar-refractivity contribution in [3.8, 4) is 0 Å². The molecule has 4 rings (SSSR count). The molecule has 0 saturated carbocycles. The molecule has 0 aliphatic rings. The summed E-state index contributed by atoms with van der Waals surface area (Å²) in [6.07, 6.45) is 1.54. The zero-order valence-corrected chi connectivity index (χ0v) is 15.4. The van der Waals surface area contributed by atoms with Crippen LogP contribution in [0.15, 0.2) is 53.3 Å². The summed E-state index contributed by atoms with van der Waals surface area (Å²) < 4.78 is 1.12. The van der Waals surface area contributed by atoms with Crippen molar-refractivity contribution in [2.45, 2.75) is 25.8 Å². The topological polar surface area (TPSA) is 87.7 Å². The van der Waals surface area contributed by atoms with E-state index in [0.717, 1.165) is 15.2 Å². The molecule has 27 heavy (non-hydrogen) atoms. The summed E-state index contributed by atoms with van der Waals surface area (Å²) in [5.41, 5.74) is 1.49. The van der Waals surface area contributed by atoms with Crippen LogP contribution in [0.4, 0.5) is 0 Å². The number of fused-ring (bicyclic) bond motifs is 2. The van der Waals surface area contributed by atoms with E-state index in [1.54, 1.807) is 17.4 Å². The molecule has 0 radical (unpaired) electrons. The Hall–Kier alpha value is -3.06. The molecule has 0 unspecified atom stereocenters. The van der Waals surface area contributed by atoms with Gasteiger partial charge in [0.25, 0.3) is 5.56 Å². The molecule has 2 aromatic carbocycles. The van der Waals surface area contributed by atoms with E-state index in [0.29, 0.717) is 42.5 Å². The molecule has 1 amide bonds. The molecule has 4 aromatic rings. The first kappa shape index (κ1) is 17.4. The number of aryl methyl sites for hydroxylation is 1. The van der Waals surface area contributed by atoms with Crippen molar-refractivity contribution in [2.75, 3.05) is 0 Å². The third-order valence-electron chi connectivity index (χ3n) is 4.25. The van der Waals surface area contributed by atoms with Crippen LogP contribution in [0.5, 0.6) is 0 Å². The van der Waals surface area contributed by atoms with Gasteiger partial charge in [-0.05, 0) is 30.7 Å². The Morgan fingerprint density at radius 3 is 2.67 bits per heavy atom. The van der Waals surface area contributed by atoms with Gasteiger partial charge in [0.2, 0.25) is 5.91 Å². The highest BCUT2D eigenvalue weighted by molar-refractivity contribution is 7.18. The highest BCUT2D eigenvalue weighted by Crippen LogP contribution is 2.21. The molecule has 2 aromatic heterocycles. The van der Waals surface area contributed by atoms with E-state index < -0.39 is 0 Å². The summed E-state index contributed by atoms with van der Waals surface area (Å²) >= 11 is 1.59. The van der Waals surface area contributed by atoms with Crippen LogP contribution < -0.4 is 10.9 Å². The quantitative estimate of drug-likeness (QED) is 0.539. The van der Waals surface area contributed by atoms with Crippen LogP contribution in [0.2, 0.25) is 0 Å². The number of aromatic amines is 1. The summed E-state index contributed by atoms with van der Waals surface area (Å²) in [4.78, 5) is 35.9. The zero-order valence-electron chi connectivity index (χ0n) is 14.6. The lowest BCUT2D eigenvalue weighted by Crippen LogP contribution is -2.22. The Morgan fingerprint density at radius 2 is 1.81 bits per heavy atom. The highest BCUT2D eigenvalue weighted by atomic mass is 32.1. The number of hydrogen-bond donors (Lipinski definition) is 2. The van der Waals surface area contributed by atoms with Crippen molar-refractivity contribution in [2.24, 2.45) is 0 Å². The Balaban J connectivity index is 1.30. The van der Waals surface area contributed by atoms with Gasteiger partial charge in [-0.25, -0.2) is 9.97 Å². The van der Waals surface area contributed by atoms with Crippen molar-refractivity contribution in [1.82, 2.24) is 20.3 Å². The minimum atomic E-state index is -0.143. The SMILES string of the molecule is O=C(CCCc1nc2ccccc2c(=O)[nH]1)NCc1nc2ccccc2s1. The molecule has 0 fully saturated rings. The Kier molecular flexibility index (Phi) is 4.93. The van der Waals surface area contributed by atoms with Crippen LogP contribution in [0, 0.1) is 0 Å². The van der Waals surface area contributed by atoms with E-state index in [9.17, 15) is 9.59 Å². The van der Waals surface area contributed by atoms with Gasteiger partial charge in [-0.15, -0.1) is 11.3 Å². The number of para-hydroxylation sites is 2. The molecule has 0 aliphatic heterocycles. The largest absolute Gasteiger partial charge is 0.350 e. The fourth-order valence-electron chi connectivity index (χ4n) is 2.93. The van der Waals surface area contributed by atoms with Crippen LogP contribution in [0.25, 0.3) is 21.1 Å². The van der Waals surface area contributed by atoms with Gasteiger partial charge in [0.15, 0.2) is 0 Å². The van der Waals surface area contributed by atoms with E-state index in [1.807, 2.05) is 42.5 Å². The molecular formula is C20H18N4O2S. The number of carbonyl (C=O) groups is 1. The van der Waals surface area contributed by atoms with Crippen molar-refractivity contribution in [3.05, 3.63) is 69.7 Å². The average molecular weight is 378 g/mol. The number of thiazole rings is 1. The standard InChI is InChI=1S/C20H18N4O2S/c25-18(21-12-19-23-15-8-3-4-9-16(15)27-19)11-5-10-17-22-14-7-2-1-6-13(14)20(26)24-17/h1-4,6-9H,5,10-12H2,(H,21,25)(H,22,24,26). The molecule has 2 heterocycles. The van der Waals surface area contributed by atoms with E-state index >= 15 is 0 Å². The zero-order chi connectivity index (χ0) is 18.6. The van der Waals surface area contributed by atoms with Gasteiger partial charge >= 0.3 is 0 Å². The second kappa shape index (κ2) is 7.67. The van der Waals surface area contributed by atoms with Gasteiger partial charge in [0, 0.05) is 12.8 Å². The van der Waals surface area contributed by atoms with Crippen LogP contribution in [0.3, 0.4) is 0 Å². The maximum absolute atomic E-state index is 12.1. The van der Waals surface area contributed by atoms with Crippen molar-refractivity contribution in [3.63, 3.8) is 0 Å². The first-order valence-electron chi connectivity index (χ1n) is 8.78. The molecule has 0 saturated heterocycles. The lowest BCUT2D eigenvalue weighted by Gasteiger charge is -2.04. The number of H-pyrrole nitrogens is 1. The first-order chi connectivity index (χ1) is 13.2.